The van der Waals surface area contributed by atoms with Crippen LogP contribution in [0.25, 0.3) is 0 Å². The summed E-state index contributed by atoms with van der Waals surface area (Å²) in [5.41, 5.74) is 2.05. The van der Waals surface area contributed by atoms with Crippen molar-refractivity contribution in [3.05, 3.63) is 29.3 Å². The maximum Gasteiger partial charge on any atom is 0.150 e. The summed E-state index contributed by atoms with van der Waals surface area (Å²) in [6.45, 7) is 8.24. The molecule has 1 unspecified atom stereocenters. The van der Waals surface area contributed by atoms with Gasteiger partial charge in [0.15, 0.2) is 0 Å². The second-order valence-electron chi connectivity index (χ2n) is 4.56. The molecule has 3 nitrogen and oxygen atoms in total. The van der Waals surface area contributed by atoms with Crippen LogP contribution in [0.3, 0.4) is 0 Å². The fourth-order valence-corrected chi connectivity index (χ4v) is 1.90. The van der Waals surface area contributed by atoms with Crippen molar-refractivity contribution in [2.45, 2.75) is 27.2 Å². The molecule has 0 heterocycles. The first-order valence-electron chi connectivity index (χ1n) is 6.40. The number of benzene rings is 1. The van der Waals surface area contributed by atoms with Gasteiger partial charge in [-0.3, -0.25) is 4.79 Å². The maximum absolute atomic E-state index is 10.7. The average molecular weight is 244 g/mol. The quantitative estimate of drug-likeness (QED) is 0.721. The lowest BCUT2D eigenvalue weighted by Crippen LogP contribution is -2.28. The molecule has 0 saturated carbocycles. The zero-order valence-electron chi connectivity index (χ0n) is 11.3. The van der Waals surface area contributed by atoms with Crippen molar-refractivity contribution in [3.63, 3.8) is 0 Å². The lowest BCUT2D eigenvalue weighted by atomic mass is 10.1. The average Bonchev–Trinajstić information content (AvgIpc) is 2.43. The molecule has 96 valence electrons. The second-order valence-corrected chi connectivity index (χ2v) is 4.56. The molecule has 0 N–H and O–H groups in total. The van der Waals surface area contributed by atoms with Crippen LogP contribution in [0.1, 0.15) is 43.1 Å². The Labute approximate surface area is 109 Å². The molecule has 0 aliphatic carbocycles. The predicted molar refractivity (Wildman–Crippen MR) is 73.9 cm³/mol. The molecule has 0 bridgehead atoms. The zero-order chi connectivity index (χ0) is 13.5. The van der Waals surface area contributed by atoms with Gasteiger partial charge >= 0.3 is 0 Å². The monoisotopic (exact) mass is 244 g/mol. The summed E-state index contributed by atoms with van der Waals surface area (Å²) >= 11 is 0. The molecular weight excluding hydrogens is 224 g/mol. The van der Waals surface area contributed by atoms with Crippen molar-refractivity contribution in [3.8, 4) is 6.07 Å². The van der Waals surface area contributed by atoms with Crippen LogP contribution in [0, 0.1) is 17.2 Å². The van der Waals surface area contributed by atoms with E-state index >= 15 is 0 Å². The number of carbonyl (C=O) groups excluding carboxylic acids is 1. The molecular formula is C15H20N2O. The lowest BCUT2D eigenvalue weighted by Gasteiger charge is -2.27. The standard InChI is InChI=1S/C15H20N2O/c1-4-12(3)10-17(5-2)15-7-6-13(11-18)8-14(15)9-16/h6-8,11-12H,4-5,10H2,1-3H3. The van der Waals surface area contributed by atoms with Gasteiger partial charge in [-0.25, -0.2) is 0 Å². The Morgan fingerprint density at radius 1 is 1.44 bits per heavy atom. The van der Waals surface area contributed by atoms with Gasteiger partial charge in [0.1, 0.15) is 12.4 Å². The van der Waals surface area contributed by atoms with E-state index in [1.165, 1.54) is 0 Å². The van der Waals surface area contributed by atoms with Gasteiger partial charge in [0.05, 0.1) is 11.3 Å². The topological polar surface area (TPSA) is 44.1 Å². The number of aldehydes is 1. The highest BCUT2D eigenvalue weighted by Crippen LogP contribution is 2.22. The number of rotatable bonds is 6. The molecule has 0 radical (unpaired) electrons. The summed E-state index contributed by atoms with van der Waals surface area (Å²) in [7, 11) is 0. The first-order valence-corrected chi connectivity index (χ1v) is 6.40. The summed E-state index contributed by atoms with van der Waals surface area (Å²) in [5.74, 6) is 0.585. The molecule has 0 aromatic heterocycles. The number of nitrogens with zero attached hydrogens (tertiary/aromatic N) is 2. The van der Waals surface area contributed by atoms with E-state index in [4.69, 9.17) is 0 Å². The number of carbonyl (C=O) groups is 1. The van der Waals surface area contributed by atoms with Gasteiger partial charge in [0.2, 0.25) is 0 Å². The Hall–Kier alpha value is -1.82. The van der Waals surface area contributed by atoms with Crippen LogP contribution < -0.4 is 4.90 Å². The van der Waals surface area contributed by atoms with Crippen LogP contribution in [0.5, 0.6) is 0 Å². The molecule has 1 aromatic carbocycles. The third kappa shape index (κ3) is 3.33. The second kappa shape index (κ2) is 6.80. The largest absolute Gasteiger partial charge is 0.370 e. The Kier molecular flexibility index (Phi) is 5.38. The number of nitriles is 1. The third-order valence-corrected chi connectivity index (χ3v) is 3.23. The molecule has 0 fully saturated rings. The highest BCUT2D eigenvalue weighted by molar-refractivity contribution is 5.78. The molecule has 1 rings (SSSR count). The molecule has 18 heavy (non-hydrogen) atoms. The third-order valence-electron chi connectivity index (χ3n) is 3.23. The Bertz CT molecular complexity index is 448. The van der Waals surface area contributed by atoms with Crippen molar-refractivity contribution in [1.29, 1.82) is 5.26 Å². The van der Waals surface area contributed by atoms with Crippen LogP contribution in [0.15, 0.2) is 18.2 Å². The van der Waals surface area contributed by atoms with Gasteiger partial charge in [0, 0.05) is 18.7 Å². The van der Waals surface area contributed by atoms with Crippen molar-refractivity contribution in [1.82, 2.24) is 0 Å². The molecule has 0 aliphatic rings. The summed E-state index contributed by atoms with van der Waals surface area (Å²) in [6.07, 6.45) is 1.89. The smallest absolute Gasteiger partial charge is 0.150 e. The van der Waals surface area contributed by atoms with Gasteiger partial charge in [-0.2, -0.15) is 5.26 Å². The highest BCUT2D eigenvalue weighted by atomic mass is 16.1. The molecule has 0 spiro atoms. The van der Waals surface area contributed by atoms with Crippen molar-refractivity contribution < 1.29 is 4.79 Å². The van der Waals surface area contributed by atoms with E-state index in [0.717, 1.165) is 31.5 Å². The van der Waals surface area contributed by atoms with E-state index in [1.54, 1.807) is 12.1 Å². The van der Waals surface area contributed by atoms with Gasteiger partial charge in [-0.05, 0) is 31.0 Å². The molecule has 0 aliphatic heterocycles. The van der Waals surface area contributed by atoms with Crippen molar-refractivity contribution in [2.75, 3.05) is 18.0 Å². The van der Waals surface area contributed by atoms with E-state index in [-0.39, 0.29) is 0 Å². The first kappa shape index (κ1) is 14.2. The van der Waals surface area contributed by atoms with Crippen LogP contribution in [0.2, 0.25) is 0 Å². The Balaban J connectivity index is 3.05. The molecule has 1 aromatic rings. The van der Waals surface area contributed by atoms with Crippen molar-refractivity contribution >= 4 is 12.0 Å². The molecule has 0 amide bonds. The van der Waals surface area contributed by atoms with Gasteiger partial charge in [-0.1, -0.05) is 20.3 Å². The van der Waals surface area contributed by atoms with E-state index < -0.39 is 0 Å². The summed E-state index contributed by atoms with van der Waals surface area (Å²) in [4.78, 5) is 12.9. The number of hydrogen-bond donors (Lipinski definition) is 0. The normalized spacial score (nSPS) is 11.7. The first-order chi connectivity index (χ1) is 8.65. The summed E-state index contributed by atoms with van der Waals surface area (Å²) in [5, 5.41) is 9.18. The zero-order valence-corrected chi connectivity index (χ0v) is 11.3. The fraction of sp³-hybridized carbons (Fsp3) is 0.467. The van der Waals surface area contributed by atoms with Gasteiger partial charge < -0.3 is 4.90 Å². The minimum Gasteiger partial charge on any atom is -0.370 e. The molecule has 3 heteroatoms. The SMILES string of the molecule is CCC(C)CN(CC)c1ccc(C=O)cc1C#N. The Morgan fingerprint density at radius 2 is 2.17 bits per heavy atom. The van der Waals surface area contributed by atoms with E-state index in [9.17, 15) is 10.1 Å². The molecule has 0 saturated heterocycles. The summed E-state index contributed by atoms with van der Waals surface area (Å²) in [6, 6.07) is 7.47. The van der Waals surface area contributed by atoms with Crippen LogP contribution in [-0.4, -0.2) is 19.4 Å². The predicted octanol–water partition coefficient (Wildman–Crippen LogP) is 3.24. The van der Waals surface area contributed by atoms with Gasteiger partial charge in [0.25, 0.3) is 0 Å². The highest BCUT2D eigenvalue weighted by Gasteiger charge is 2.12. The van der Waals surface area contributed by atoms with E-state index in [1.807, 2.05) is 6.07 Å². The van der Waals surface area contributed by atoms with Crippen LogP contribution in [0.4, 0.5) is 5.69 Å². The summed E-state index contributed by atoms with van der Waals surface area (Å²) < 4.78 is 0. The number of hydrogen-bond acceptors (Lipinski definition) is 3. The van der Waals surface area contributed by atoms with Crippen LogP contribution >= 0.6 is 0 Å². The van der Waals surface area contributed by atoms with Gasteiger partial charge in [-0.15, -0.1) is 0 Å². The minimum absolute atomic E-state index is 0.551. The number of anilines is 1. The Morgan fingerprint density at radius 3 is 2.67 bits per heavy atom. The molecule has 1 atom stereocenters. The van der Waals surface area contributed by atoms with E-state index in [2.05, 4.69) is 31.7 Å². The van der Waals surface area contributed by atoms with Crippen LogP contribution in [-0.2, 0) is 0 Å². The van der Waals surface area contributed by atoms with Crippen molar-refractivity contribution in [2.24, 2.45) is 5.92 Å². The fourth-order valence-electron chi connectivity index (χ4n) is 1.90. The lowest BCUT2D eigenvalue weighted by molar-refractivity contribution is 0.112. The van der Waals surface area contributed by atoms with E-state index in [0.29, 0.717) is 17.0 Å². The maximum atomic E-state index is 10.7. The minimum atomic E-state index is 0.551.